The van der Waals surface area contributed by atoms with Crippen molar-refractivity contribution in [2.45, 2.75) is 45.6 Å². The predicted molar refractivity (Wildman–Crippen MR) is 156 cm³/mol. The van der Waals surface area contributed by atoms with E-state index in [0.29, 0.717) is 59.3 Å². The molecule has 0 unspecified atom stereocenters. The molecule has 0 bridgehead atoms. The first-order valence-electron chi connectivity index (χ1n) is 13.4. The van der Waals surface area contributed by atoms with Crippen LogP contribution in [0.5, 0.6) is 0 Å². The number of fused-ring (bicyclic) bond motifs is 1. The number of hydrogen-bond acceptors (Lipinski definition) is 9. The van der Waals surface area contributed by atoms with Crippen molar-refractivity contribution in [3.05, 3.63) is 64.9 Å². The third-order valence-electron chi connectivity index (χ3n) is 7.40. The molecule has 11 nitrogen and oxygen atoms in total. The summed E-state index contributed by atoms with van der Waals surface area (Å²) in [6.45, 7) is 11.7. The molecular formula is C29H29ClFN9O2. The van der Waals surface area contributed by atoms with Gasteiger partial charge in [-0.1, -0.05) is 38.4 Å². The van der Waals surface area contributed by atoms with Gasteiger partial charge in [0.25, 0.3) is 5.91 Å². The Morgan fingerprint density at radius 3 is 2.50 bits per heavy atom. The Balaban J connectivity index is 1.28. The van der Waals surface area contributed by atoms with Crippen LogP contribution in [0.1, 0.15) is 50.7 Å². The summed E-state index contributed by atoms with van der Waals surface area (Å²) in [4.78, 5) is 31.4. The third kappa shape index (κ3) is 5.06. The molecule has 0 spiro atoms. The Morgan fingerprint density at radius 2 is 1.86 bits per heavy atom. The van der Waals surface area contributed by atoms with Gasteiger partial charge >= 0.3 is 0 Å². The summed E-state index contributed by atoms with van der Waals surface area (Å²) in [5, 5.41) is 13.8. The lowest BCUT2D eigenvalue weighted by molar-refractivity contribution is 0.0482. The number of piperazine rings is 1. The highest BCUT2D eigenvalue weighted by molar-refractivity contribution is 6.30. The van der Waals surface area contributed by atoms with Crippen molar-refractivity contribution in [2.75, 3.05) is 24.5 Å². The van der Waals surface area contributed by atoms with Crippen LogP contribution in [-0.4, -0.2) is 71.6 Å². The number of aromatic amines is 1. The number of tetrazole rings is 1. The van der Waals surface area contributed by atoms with Crippen molar-refractivity contribution in [1.29, 1.82) is 0 Å². The molecular weight excluding hydrogens is 561 g/mol. The Morgan fingerprint density at radius 1 is 1.10 bits per heavy atom. The Kier molecular flexibility index (Phi) is 6.68. The molecule has 5 aromatic rings. The lowest BCUT2D eigenvalue weighted by atomic mass is 9.86. The van der Waals surface area contributed by atoms with Gasteiger partial charge < -0.3 is 14.2 Å². The lowest BCUT2D eigenvalue weighted by Crippen LogP contribution is -2.61. The number of nitrogens with zero attached hydrogens (tertiary/aromatic N) is 8. The van der Waals surface area contributed by atoms with E-state index < -0.39 is 11.4 Å². The van der Waals surface area contributed by atoms with Crippen LogP contribution in [0.2, 0.25) is 5.02 Å². The molecule has 0 radical (unpaired) electrons. The number of carbonyl (C=O) groups excluding carboxylic acids is 1. The maximum Gasteiger partial charge on any atom is 0.290 e. The van der Waals surface area contributed by atoms with Crippen LogP contribution < -0.4 is 4.90 Å². The van der Waals surface area contributed by atoms with Gasteiger partial charge in [-0.3, -0.25) is 4.79 Å². The topological polar surface area (TPSA) is 130 Å². The number of anilines is 1. The van der Waals surface area contributed by atoms with Crippen LogP contribution in [0, 0.1) is 5.82 Å². The maximum atomic E-state index is 14.3. The molecule has 1 amide bonds. The number of aromatic nitrogens is 7. The summed E-state index contributed by atoms with van der Waals surface area (Å²) >= 11 is 5.90. The largest absolute Gasteiger partial charge is 0.449 e. The summed E-state index contributed by atoms with van der Waals surface area (Å²) < 4.78 is 20.5. The number of H-pyrrole nitrogens is 1. The number of carbonyl (C=O) groups is 1. The zero-order valence-electron chi connectivity index (χ0n) is 23.8. The van der Waals surface area contributed by atoms with Crippen LogP contribution in [0.4, 0.5) is 10.3 Å². The molecule has 1 fully saturated rings. The van der Waals surface area contributed by atoms with Crippen molar-refractivity contribution >= 4 is 34.6 Å². The van der Waals surface area contributed by atoms with Gasteiger partial charge in [0.1, 0.15) is 11.3 Å². The minimum atomic E-state index is -0.558. The third-order valence-corrected chi connectivity index (χ3v) is 7.71. The number of nitrogens with one attached hydrogen (secondary N) is 1. The molecule has 1 aliphatic heterocycles. The highest BCUT2D eigenvalue weighted by atomic mass is 35.5. The number of furan rings is 1. The SMILES string of the molecule is CC(C)(C)c1cc(-c2ccc(Cl)c(F)c2)nc2cc(C(=O)N3CCN(c4ncc(-c5nnn[nH]5)cn4)CC3(C)C)oc12. The predicted octanol–water partition coefficient (Wildman–Crippen LogP) is 5.30. The molecule has 216 valence electrons. The van der Waals surface area contributed by atoms with Crippen molar-refractivity contribution in [1.82, 2.24) is 40.5 Å². The lowest BCUT2D eigenvalue weighted by Gasteiger charge is -2.46. The van der Waals surface area contributed by atoms with Crippen LogP contribution in [0.25, 0.3) is 33.7 Å². The summed E-state index contributed by atoms with van der Waals surface area (Å²) in [6, 6.07) is 8.15. The molecule has 4 aromatic heterocycles. The van der Waals surface area contributed by atoms with E-state index in [1.54, 1.807) is 24.5 Å². The van der Waals surface area contributed by atoms with Crippen LogP contribution >= 0.6 is 11.6 Å². The first-order chi connectivity index (χ1) is 19.9. The molecule has 1 saturated heterocycles. The fourth-order valence-electron chi connectivity index (χ4n) is 5.21. The van der Waals surface area contributed by atoms with Gasteiger partial charge in [-0.15, -0.1) is 5.10 Å². The molecule has 0 saturated carbocycles. The van der Waals surface area contributed by atoms with E-state index in [1.807, 2.05) is 29.7 Å². The van der Waals surface area contributed by atoms with Crippen molar-refractivity contribution < 1.29 is 13.6 Å². The van der Waals surface area contributed by atoms with E-state index in [4.69, 9.17) is 21.0 Å². The summed E-state index contributed by atoms with van der Waals surface area (Å²) in [6.07, 6.45) is 3.33. The second kappa shape index (κ2) is 10.1. The Hall–Kier alpha value is -4.45. The maximum absolute atomic E-state index is 14.3. The molecule has 0 atom stereocenters. The second-order valence-electron chi connectivity index (χ2n) is 12.0. The van der Waals surface area contributed by atoms with Gasteiger partial charge in [0.15, 0.2) is 17.2 Å². The molecule has 0 aliphatic carbocycles. The monoisotopic (exact) mass is 589 g/mol. The van der Waals surface area contributed by atoms with Gasteiger partial charge in [0, 0.05) is 49.2 Å². The first kappa shape index (κ1) is 27.7. The minimum Gasteiger partial charge on any atom is -0.449 e. The number of benzene rings is 1. The smallest absolute Gasteiger partial charge is 0.290 e. The van der Waals surface area contributed by atoms with Crippen molar-refractivity contribution in [3.8, 4) is 22.6 Å². The summed E-state index contributed by atoms with van der Waals surface area (Å²) in [5.74, 6) is 0.488. The zero-order chi connectivity index (χ0) is 29.8. The number of amides is 1. The van der Waals surface area contributed by atoms with Gasteiger partial charge in [-0.25, -0.2) is 24.4 Å². The van der Waals surface area contributed by atoms with Gasteiger partial charge in [0.2, 0.25) is 5.95 Å². The van der Waals surface area contributed by atoms with Gasteiger partial charge in [0.05, 0.1) is 21.8 Å². The summed E-state index contributed by atoms with van der Waals surface area (Å²) in [5.41, 5.74) is 2.88. The van der Waals surface area contributed by atoms with E-state index in [0.717, 1.165) is 5.56 Å². The number of hydrogen-bond donors (Lipinski definition) is 1. The van der Waals surface area contributed by atoms with E-state index in [1.165, 1.54) is 12.1 Å². The van der Waals surface area contributed by atoms with Crippen molar-refractivity contribution in [2.24, 2.45) is 0 Å². The quantitative estimate of drug-likeness (QED) is 0.297. The minimum absolute atomic E-state index is 0.0438. The number of rotatable bonds is 4. The average molecular weight is 590 g/mol. The van der Waals surface area contributed by atoms with Gasteiger partial charge in [-0.05, 0) is 47.9 Å². The van der Waals surface area contributed by atoms with E-state index in [-0.39, 0.29) is 22.1 Å². The standard InChI is InChI=1S/C29H29ClFN9O2/c1-28(2,3)18-11-21(16-6-7-19(30)20(31)10-16)34-22-12-23(42-24(18)22)26(41)40-9-8-39(15-29(40,4)5)27-32-13-17(14-33-27)25-35-37-38-36-25/h6-7,10-14H,8-9,15H2,1-5H3,(H,35,36,37,38). The van der Waals surface area contributed by atoms with Crippen molar-refractivity contribution in [3.63, 3.8) is 0 Å². The Bertz CT molecular complexity index is 1780. The molecule has 42 heavy (non-hydrogen) atoms. The molecule has 1 aliphatic rings. The average Bonchev–Trinajstić information content (AvgIpc) is 3.63. The van der Waals surface area contributed by atoms with E-state index in [2.05, 4.69) is 51.4 Å². The van der Waals surface area contributed by atoms with Crippen LogP contribution in [0.3, 0.4) is 0 Å². The number of pyridine rings is 1. The zero-order valence-corrected chi connectivity index (χ0v) is 24.6. The Labute approximate surface area is 246 Å². The summed E-state index contributed by atoms with van der Waals surface area (Å²) in [7, 11) is 0. The normalized spacial score (nSPS) is 15.4. The van der Waals surface area contributed by atoms with Gasteiger partial charge in [-0.2, -0.15) is 0 Å². The van der Waals surface area contributed by atoms with Crippen LogP contribution in [0.15, 0.2) is 47.1 Å². The molecule has 1 aromatic carbocycles. The highest BCUT2D eigenvalue weighted by Gasteiger charge is 2.39. The second-order valence-corrected chi connectivity index (χ2v) is 12.4. The molecule has 1 N–H and O–H groups in total. The van der Waals surface area contributed by atoms with E-state index in [9.17, 15) is 9.18 Å². The molecule has 6 rings (SSSR count). The fraction of sp³-hybridized carbons (Fsp3) is 0.345. The van der Waals surface area contributed by atoms with Crippen LogP contribution in [-0.2, 0) is 5.41 Å². The molecule has 13 heteroatoms. The highest BCUT2D eigenvalue weighted by Crippen LogP contribution is 2.36. The fourth-order valence-corrected chi connectivity index (χ4v) is 5.33. The molecule has 5 heterocycles. The van der Waals surface area contributed by atoms with E-state index >= 15 is 0 Å². The number of halogens is 2. The first-order valence-corrected chi connectivity index (χ1v) is 13.8.